The Morgan fingerprint density at radius 3 is 2.65 bits per heavy atom. The Kier molecular flexibility index (Phi) is 3.64. The van der Waals surface area contributed by atoms with Gasteiger partial charge in [-0.1, -0.05) is 31.2 Å². The fourth-order valence-electron chi connectivity index (χ4n) is 2.92. The summed E-state index contributed by atoms with van der Waals surface area (Å²) in [5.74, 6) is -0.0573. The molecule has 0 fully saturated rings. The highest BCUT2D eigenvalue weighted by Gasteiger charge is 2.43. The number of carbonyl (C=O) groups excluding carboxylic acids is 1. The van der Waals surface area contributed by atoms with Crippen molar-refractivity contribution in [3.8, 4) is 11.1 Å². The normalized spacial score (nSPS) is 24.5. The Morgan fingerprint density at radius 2 is 1.96 bits per heavy atom. The number of nitrogens with two attached hydrogens (primary N) is 1. The van der Waals surface area contributed by atoms with Crippen LogP contribution in [0.15, 0.2) is 53.8 Å². The lowest BCUT2D eigenvalue weighted by Crippen LogP contribution is -2.52. The number of amides is 1. The molecule has 1 aliphatic rings. The molecular weight excluding hydrogens is 288 g/mol. The molecule has 2 heterocycles. The summed E-state index contributed by atoms with van der Waals surface area (Å²) in [5, 5.41) is 0. The van der Waals surface area contributed by atoms with Crippen LogP contribution in [0.2, 0.25) is 0 Å². The van der Waals surface area contributed by atoms with Crippen LogP contribution in [0.1, 0.15) is 19.4 Å². The second-order valence-corrected chi connectivity index (χ2v) is 6.06. The molecule has 1 aromatic carbocycles. The molecule has 1 aliphatic heterocycles. The van der Waals surface area contributed by atoms with Crippen molar-refractivity contribution in [1.29, 1.82) is 0 Å². The number of aliphatic imine (C=N–C) groups is 1. The lowest BCUT2D eigenvalue weighted by molar-refractivity contribution is -0.133. The van der Waals surface area contributed by atoms with E-state index in [0.29, 0.717) is 0 Å². The van der Waals surface area contributed by atoms with Crippen molar-refractivity contribution in [2.24, 2.45) is 16.6 Å². The van der Waals surface area contributed by atoms with Gasteiger partial charge in [0.05, 0.1) is 11.5 Å². The second kappa shape index (κ2) is 5.50. The van der Waals surface area contributed by atoms with Gasteiger partial charge in [-0.25, -0.2) is 4.99 Å². The number of hydrogen-bond acceptors (Lipinski definition) is 4. The molecule has 23 heavy (non-hydrogen) atoms. The molecule has 0 bridgehead atoms. The van der Waals surface area contributed by atoms with Gasteiger partial charge >= 0.3 is 0 Å². The van der Waals surface area contributed by atoms with Crippen LogP contribution in [0.25, 0.3) is 11.1 Å². The Bertz CT molecular complexity index is 772. The SMILES string of the molecule is C[C@H]1C(=O)N(C)C(N)=N[C@]1(C)c1cccc(-c2cccnc2)c1. The minimum atomic E-state index is -0.675. The van der Waals surface area contributed by atoms with E-state index < -0.39 is 5.54 Å². The number of guanidine groups is 1. The molecule has 5 heteroatoms. The Balaban J connectivity index is 2.10. The number of benzene rings is 1. The molecule has 1 amide bonds. The topological polar surface area (TPSA) is 71.6 Å². The van der Waals surface area contributed by atoms with Gasteiger partial charge in [-0.3, -0.25) is 14.7 Å². The van der Waals surface area contributed by atoms with Crippen molar-refractivity contribution < 1.29 is 4.79 Å². The highest BCUT2D eigenvalue weighted by atomic mass is 16.2. The summed E-state index contributed by atoms with van der Waals surface area (Å²) in [6.07, 6.45) is 3.57. The Hall–Kier alpha value is -2.69. The van der Waals surface area contributed by atoms with E-state index in [-0.39, 0.29) is 17.8 Å². The van der Waals surface area contributed by atoms with E-state index in [4.69, 9.17) is 5.73 Å². The highest BCUT2D eigenvalue weighted by Crippen LogP contribution is 2.38. The molecule has 2 aromatic rings. The summed E-state index contributed by atoms with van der Waals surface area (Å²) in [4.78, 5) is 22.6. The van der Waals surface area contributed by atoms with Gasteiger partial charge in [0.15, 0.2) is 5.96 Å². The highest BCUT2D eigenvalue weighted by molar-refractivity contribution is 5.99. The van der Waals surface area contributed by atoms with Crippen molar-refractivity contribution in [2.45, 2.75) is 19.4 Å². The third kappa shape index (κ3) is 2.48. The largest absolute Gasteiger partial charge is 0.369 e. The van der Waals surface area contributed by atoms with E-state index in [9.17, 15) is 4.79 Å². The second-order valence-electron chi connectivity index (χ2n) is 6.06. The monoisotopic (exact) mass is 308 g/mol. The van der Waals surface area contributed by atoms with Crippen LogP contribution in [0, 0.1) is 5.92 Å². The van der Waals surface area contributed by atoms with Crippen LogP contribution in [0.5, 0.6) is 0 Å². The minimum Gasteiger partial charge on any atom is -0.369 e. The first kappa shape index (κ1) is 15.2. The summed E-state index contributed by atoms with van der Waals surface area (Å²) in [7, 11) is 1.66. The van der Waals surface area contributed by atoms with Gasteiger partial charge in [-0.05, 0) is 35.7 Å². The zero-order chi connectivity index (χ0) is 16.6. The van der Waals surface area contributed by atoms with Gasteiger partial charge in [0.1, 0.15) is 0 Å². The summed E-state index contributed by atoms with van der Waals surface area (Å²) in [6.45, 7) is 3.85. The summed E-state index contributed by atoms with van der Waals surface area (Å²) >= 11 is 0. The van der Waals surface area contributed by atoms with E-state index >= 15 is 0 Å². The van der Waals surface area contributed by atoms with E-state index in [1.54, 1.807) is 13.2 Å². The van der Waals surface area contributed by atoms with Crippen molar-refractivity contribution in [3.63, 3.8) is 0 Å². The zero-order valence-electron chi connectivity index (χ0n) is 13.5. The molecule has 2 atom stereocenters. The molecule has 0 saturated carbocycles. The van der Waals surface area contributed by atoms with E-state index in [1.165, 1.54) is 4.90 Å². The minimum absolute atomic E-state index is 0.0215. The molecular formula is C18H20N4O. The maximum atomic E-state index is 12.4. The van der Waals surface area contributed by atoms with Crippen LogP contribution in [0.3, 0.4) is 0 Å². The van der Waals surface area contributed by atoms with Crippen LogP contribution in [-0.2, 0) is 10.3 Å². The third-order valence-corrected chi connectivity index (χ3v) is 4.68. The standard InChI is InChI=1S/C18H20N4O/c1-12-16(23)22(3)17(19)21-18(12,2)15-8-4-6-13(10-15)14-7-5-9-20-11-14/h4-12H,1-3H3,(H2,19,21)/t12-,18-/m0/s1. The number of pyridine rings is 1. The number of nitrogens with zero attached hydrogens (tertiary/aromatic N) is 3. The van der Waals surface area contributed by atoms with Gasteiger partial charge in [0, 0.05) is 19.4 Å². The van der Waals surface area contributed by atoms with Crippen molar-refractivity contribution >= 4 is 11.9 Å². The Morgan fingerprint density at radius 1 is 1.22 bits per heavy atom. The van der Waals surface area contributed by atoms with E-state index in [0.717, 1.165) is 16.7 Å². The molecule has 5 nitrogen and oxygen atoms in total. The average Bonchev–Trinajstić information content (AvgIpc) is 2.59. The van der Waals surface area contributed by atoms with Gasteiger partial charge in [0.25, 0.3) is 0 Å². The number of rotatable bonds is 2. The molecule has 0 aliphatic carbocycles. The van der Waals surface area contributed by atoms with Crippen molar-refractivity contribution in [2.75, 3.05) is 7.05 Å². The first-order valence-corrected chi connectivity index (χ1v) is 7.57. The van der Waals surface area contributed by atoms with Crippen molar-refractivity contribution in [3.05, 3.63) is 54.4 Å². The summed E-state index contributed by atoms with van der Waals surface area (Å²) in [5.41, 5.74) is 8.31. The summed E-state index contributed by atoms with van der Waals surface area (Å²) in [6, 6.07) is 12.0. The fraction of sp³-hybridized carbons (Fsp3) is 0.278. The third-order valence-electron chi connectivity index (χ3n) is 4.68. The molecule has 0 spiro atoms. The molecule has 1 aromatic heterocycles. The predicted octanol–water partition coefficient (Wildman–Crippen LogP) is 2.39. The first-order chi connectivity index (χ1) is 10.9. The lowest BCUT2D eigenvalue weighted by Gasteiger charge is -2.39. The summed E-state index contributed by atoms with van der Waals surface area (Å²) < 4.78 is 0. The van der Waals surface area contributed by atoms with Gasteiger partial charge in [-0.15, -0.1) is 0 Å². The lowest BCUT2D eigenvalue weighted by atomic mass is 9.78. The molecule has 0 saturated heterocycles. The molecule has 2 N–H and O–H groups in total. The first-order valence-electron chi connectivity index (χ1n) is 7.57. The van der Waals surface area contributed by atoms with Crippen LogP contribution < -0.4 is 5.73 Å². The van der Waals surface area contributed by atoms with Crippen molar-refractivity contribution in [1.82, 2.24) is 9.88 Å². The van der Waals surface area contributed by atoms with Gasteiger partial charge in [0.2, 0.25) is 5.91 Å². The number of hydrogen-bond donors (Lipinski definition) is 1. The van der Waals surface area contributed by atoms with Crippen LogP contribution in [-0.4, -0.2) is 28.8 Å². The predicted molar refractivity (Wildman–Crippen MR) is 90.6 cm³/mol. The number of aromatic nitrogens is 1. The van der Waals surface area contributed by atoms with Gasteiger partial charge in [-0.2, -0.15) is 0 Å². The van der Waals surface area contributed by atoms with Gasteiger partial charge < -0.3 is 5.73 Å². The molecule has 0 unspecified atom stereocenters. The smallest absolute Gasteiger partial charge is 0.234 e. The Labute approximate surface area is 135 Å². The maximum absolute atomic E-state index is 12.4. The fourth-order valence-corrected chi connectivity index (χ4v) is 2.92. The zero-order valence-corrected chi connectivity index (χ0v) is 13.5. The van der Waals surface area contributed by atoms with E-state index in [1.807, 2.05) is 50.4 Å². The molecule has 0 radical (unpaired) electrons. The quantitative estimate of drug-likeness (QED) is 0.926. The number of carbonyl (C=O) groups is 1. The van der Waals surface area contributed by atoms with Crippen LogP contribution in [0.4, 0.5) is 0 Å². The van der Waals surface area contributed by atoms with Crippen LogP contribution >= 0.6 is 0 Å². The van der Waals surface area contributed by atoms with E-state index in [2.05, 4.69) is 16.0 Å². The maximum Gasteiger partial charge on any atom is 0.234 e. The molecule has 118 valence electrons. The average molecular weight is 308 g/mol. The molecule has 3 rings (SSSR count).